The molecule has 1 aliphatic rings. The molecule has 2 nitrogen and oxygen atoms in total. The van der Waals surface area contributed by atoms with Gasteiger partial charge in [-0.2, -0.15) is 12.6 Å². The summed E-state index contributed by atoms with van der Waals surface area (Å²) in [5.74, 6) is 0. The predicted molar refractivity (Wildman–Crippen MR) is 27.5 cm³/mol. The minimum Gasteiger partial charge on any atom is -0.784 e. The van der Waals surface area contributed by atoms with Gasteiger partial charge in [-0.05, 0) is 13.0 Å². The van der Waals surface area contributed by atoms with E-state index >= 15 is 0 Å². The first-order valence-electron chi connectivity index (χ1n) is 1.92. The lowest BCUT2D eigenvalue weighted by atomic mass is 10.3. The Labute approximate surface area is 42.1 Å². The molecule has 1 fully saturated rings. The van der Waals surface area contributed by atoms with Crippen molar-refractivity contribution >= 4 is 12.6 Å². The van der Waals surface area contributed by atoms with Crippen LogP contribution in [0.2, 0.25) is 0 Å². The maximum Gasteiger partial charge on any atom is 0.0426 e. The number of hydrogen-bond donors (Lipinski definition) is 1. The predicted octanol–water partition coefficient (Wildman–Crippen LogP) is 0.446. The van der Waals surface area contributed by atoms with Crippen LogP contribution in [0.5, 0.6) is 0 Å². The molecule has 0 bridgehead atoms. The summed E-state index contributed by atoms with van der Waals surface area (Å²) in [4.78, 5) is 0. The monoisotopic (exact) mass is 104 g/mol. The minimum absolute atomic E-state index is 0.00463. The number of rotatable bonds is 0. The van der Waals surface area contributed by atoms with Crippen molar-refractivity contribution in [2.75, 3.05) is 6.54 Å². The highest BCUT2D eigenvalue weighted by molar-refractivity contribution is 7.80. The summed E-state index contributed by atoms with van der Waals surface area (Å²) in [5.41, 5.74) is 0. The zero-order valence-electron chi connectivity index (χ0n) is 3.29. The fourth-order valence-corrected chi connectivity index (χ4v) is 0.581. The Morgan fingerprint density at radius 3 is 2.33 bits per heavy atom. The van der Waals surface area contributed by atoms with E-state index in [1.165, 1.54) is 0 Å². The third-order valence-electron chi connectivity index (χ3n) is 0.940. The van der Waals surface area contributed by atoms with Crippen LogP contribution < -0.4 is 0 Å². The van der Waals surface area contributed by atoms with Gasteiger partial charge in [-0.1, -0.05) is 0 Å². The minimum atomic E-state index is 0.00463. The van der Waals surface area contributed by atoms with Gasteiger partial charge in [0.05, 0.1) is 0 Å². The summed E-state index contributed by atoms with van der Waals surface area (Å²) in [7, 11) is 0. The lowest BCUT2D eigenvalue weighted by molar-refractivity contribution is 0.235. The number of thiol groups is 1. The summed E-state index contributed by atoms with van der Waals surface area (Å²) in [6.45, 7) is 0.675. The molecule has 0 amide bonds. The Bertz CT molecular complexity index is 50.8. The molecule has 0 aliphatic carbocycles. The van der Waals surface area contributed by atoms with E-state index in [0.717, 1.165) is 11.5 Å². The fourth-order valence-electron chi connectivity index (χ4n) is 0.350. The summed E-state index contributed by atoms with van der Waals surface area (Å²) in [6.07, 6.45) is 0.951. The van der Waals surface area contributed by atoms with Crippen molar-refractivity contribution < 1.29 is 0 Å². The van der Waals surface area contributed by atoms with Gasteiger partial charge in [0.1, 0.15) is 0 Å². The molecular weight excluding hydrogens is 98.1 g/mol. The van der Waals surface area contributed by atoms with Crippen molar-refractivity contribution in [2.45, 2.75) is 11.8 Å². The van der Waals surface area contributed by atoms with Crippen molar-refractivity contribution in [2.24, 2.45) is 0 Å². The van der Waals surface area contributed by atoms with Gasteiger partial charge in [0.15, 0.2) is 0 Å². The van der Waals surface area contributed by atoms with Crippen LogP contribution in [0.4, 0.5) is 0 Å². The van der Waals surface area contributed by atoms with E-state index in [9.17, 15) is 5.21 Å². The van der Waals surface area contributed by atoms with Crippen molar-refractivity contribution in [3.05, 3.63) is 5.21 Å². The summed E-state index contributed by atoms with van der Waals surface area (Å²) in [6, 6.07) is 0. The molecule has 0 radical (unpaired) electrons. The number of hydroxylamine groups is 2. The van der Waals surface area contributed by atoms with Crippen LogP contribution >= 0.6 is 12.6 Å². The van der Waals surface area contributed by atoms with Gasteiger partial charge in [0.2, 0.25) is 0 Å². The Morgan fingerprint density at radius 1 is 1.83 bits per heavy atom. The first-order chi connectivity index (χ1) is 2.80. The summed E-state index contributed by atoms with van der Waals surface area (Å²) >= 11 is 3.89. The number of hydrogen-bond acceptors (Lipinski definition) is 3. The molecule has 1 rings (SSSR count). The highest BCUT2D eigenvalue weighted by atomic mass is 32.1. The van der Waals surface area contributed by atoms with E-state index in [2.05, 4.69) is 12.6 Å². The average molecular weight is 104 g/mol. The van der Waals surface area contributed by atoms with Gasteiger partial charge in [0.25, 0.3) is 0 Å². The van der Waals surface area contributed by atoms with Gasteiger partial charge in [-0.15, -0.1) is 0 Å². The SMILES string of the molecule is [O-]N1CCC1S. The highest BCUT2D eigenvalue weighted by Crippen LogP contribution is 2.17. The van der Waals surface area contributed by atoms with E-state index in [1.807, 2.05) is 0 Å². The van der Waals surface area contributed by atoms with Crippen LogP contribution in [0, 0.1) is 5.21 Å². The van der Waals surface area contributed by atoms with E-state index in [-0.39, 0.29) is 5.37 Å². The van der Waals surface area contributed by atoms with E-state index in [1.54, 1.807) is 0 Å². The Balaban J connectivity index is 2.20. The summed E-state index contributed by atoms with van der Waals surface area (Å²) < 4.78 is 0. The van der Waals surface area contributed by atoms with Crippen LogP contribution in [0.25, 0.3) is 0 Å². The van der Waals surface area contributed by atoms with Gasteiger partial charge < -0.3 is 10.3 Å². The van der Waals surface area contributed by atoms with Crippen LogP contribution in [0.1, 0.15) is 6.42 Å². The zero-order valence-corrected chi connectivity index (χ0v) is 4.19. The smallest absolute Gasteiger partial charge is 0.0426 e. The standard InChI is InChI=1S/C3H6NOS/c5-4-2-1-3(4)6/h3,6H,1-2H2/q-1. The van der Waals surface area contributed by atoms with Crippen molar-refractivity contribution in [1.82, 2.24) is 5.06 Å². The second kappa shape index (κ2) is 1.40. The topological polar surface area (TPSA) is 26.3 Å². The molecule has 1 atom stereocenters. The second-order valence-electron chi connectivity index (χ2n) is 1.41. The molecule has 0 N–H and O–H groups in total. The molecule has 1 heterocycles. The molecule has 1 unspecified atom stereocenters. The largest absolute Gasteiger partial charge is 0.784 e. The van der Waals surface area contributed by atoms with Crippen LogP contribution in [0.3, 0.4) is 0 Å². The fraction of sp³-hybridized carbons (Fsp3) is 1.00. The Morgan fingerprint density at radius 2 is 2.33 bits per heavy atom. The van der Waals surface area contributed by atoms with E-state index < -0.39 is 0 Å². The maximum atomic E-state index is 10.1. The van der Waals surface area contributed by atoms with Crippen LogP contribution in [-0.2, 0) is 0 Å². The molecule has 3 heteroatoms. The molecule has 0 saturated carbocycles. The van der Waals surface area contributed by atoms with Gasteiger partial charge in [0, 0.05) is 5.37 Å². The third-order valence-corrected chi connectivity index (χ3v) is 1.46. The molecule has 0 aromatic heterocycles. The Hall–Kier alpha value is 0.270. The maximum absolute atomic E-state index is 10.1. The van der Waals surface area contributed by atoms with E-state index in [0.29, 0.717) is 6.54 Å². The van der Waals surface area contributed by atoms with Gasteiger partial charge in [-0.25, -0.2) is 0 Å². The van der Waals surface area contributed by atoms with Crippen LogP contribution in [-0.4, -0.2) is 17.0 Å². The normalized spacial score (nSPS) is 36.0. The molecule has 1 aliphatic heterocycles. The lowest BCUT2D eigenvalue weighted by Gasteiger charge is -2.43. The molecular formula is C3H6NOS-. The average Bonchev–Trinajstić information content (AvgIpc) is 1.61. The first kappa shape index (κ1) is 4.43. The first-order valence-corrected chi connectivity index (χ1v) is 2.44. The zero-order chi connectivity index (χ0) is 4.57. The van der Waals surface area contributed by atoms with Crippen molar-refractivity contribution in [3.8, 4) is 0 Å². The lowest BCUT2D eigenvalue weighted by Crippen LogP contribution is -2.38. The second-order valence-corrected chi connectivity index (χ2v) is 2.01. The van der Waals surface area contributed by atoms with Gasteiger partial charge in [-0.3, -0.25) is 0 Å². The third kappa shape index (κ3) is 0.531. The van der Waals surface area contributed by atoms with Crippen molar-refractivity contribution in [1.29, 1.82) is 0 Å². The highest BCUT2D eigenvalue weighted by Gasteiger charge is 2.13. The van der Waals surface area contributed by atoms with Crippen LogP contribution in [0.15, 0.2) is 0 Å². The van der Waals surface area contributed by atoms with E-state index in [4.69, 9.17) is 0 Å². The Kier molecular flexibility index (Phi) is 1.04. The molecule has 1 saturated heterocycles. The molecule has 0 aromatic rings. The number of nitrogens with zero attached hydrogens (tertiary/aromatic N) is 1. The molecule has 36 valence electrons. The van der Waals surface area contributed by atoms with Crippen molar-refractivity contribution in [3.63, 3.8) is 0 Å². The molecule has 6 heavy (non-hydrogen) atoms. The summed E-state index contributed by atoms with van der Waals surface area (Å²) in [5, 5.41) is 11.0. The molecule has 0 aromatic carbocycles. The van der Waals surface area contributed by atoms with Gasteiger partial charge >= 0.3 is 0 Å². The molecule has 0 spiro atoms. The quantitative estimate of drug-likeness (QED) is 0.451.